The summed E-state index contributed by atoms with van der Waals surface area (Å²) in [7, 11) is 0. The monoisotopic (exact) mass is 412 g/mol. The number of anilines is 1. The first-order valence-corrected chi connectivity index (χ1v) is 8.64. The molecule has 0 amide bonds. The highest BCUT2D eigenvalue weighted by molar-refractivity contribution is 14.1. The summed E-state index contributed by atoms with van der Waals surface area (Å²) >= 11 is 8.71. The molecule has 0 bridgehead atoms. The zero-order valence-corrected chi connectivity index (χ0v) is 15.1. The first-order chi connectivity index (χ1) is 10.0. The van der Waals surface area contributed by atoms with E-state index < -0.39 is 0 Å². The van der Waals surface area contributed by atoms with E-state index in [4.69, 9.17) is 11.6 Å². The van der Waals surface area contributed by atoms with E-state index >= 15 is 0 Å². The van der Waals surface area contributed by atoms with Gasteiger partial charge in [0.15, 0.2) is 5.15 Å². The minimum Gasteiger partial charge on any atom is -0.364 e. The molecule has 0 saturated heterocycles. The Morgan fingerprint density at radius 1 is 1.33 bits per heavy atom. The van der Waals surface area contributed by atoms with Crippen molar-refractivity contribution in [2.24, 2.45) is 0 Å². The van der Waals surface area contributed by atoms with Crippen molar-refractivity contribution in [3.8, 4) is 0 Å². The van der Waals surface area contributed by atoms with Crippen LogP contribution in [0.25, 0.3) is 0 Å². The van der Waals surface area contributed by atoms with Crippen molar-refractivity contribution >= 4 is 39.9 Å². The lowest BCUT2D eigenvalue weighted by atomic mass is 9.82. The lowest BCUT2D eigenvalue weighted by Gasteiger charge is -2.25. The van der Waals surface area contributed by atoms with Gasteiger partial charge in [-0.2, -0.15) is 0 Å². The van der Waals surface area contributed by atoms with Crippen LogP contribution in [0.3, 0.4) is 0 Å². The molecule has 1 aromatic carbocycles. The number of halogens is 2. The lowest BCUT2D eigenvalue weighted by molar-refractivity contribution is 0.479. The average Bonchev–Trinajstić information content (AvgIpc) is 2.73. The van der Waals surface area contributed by atoms with E-state index in [2.05, 4.69) is 82.7 Å². The summed E-state index contributed by atoms with van der Waals surface area (Å²) in [6, 6.07) is 12.7. The summed E-state index contributed by atoms with van der Waals surface area (Å²) < 4.78 is 0.970. The standard InChI is InChI=1S/C17H18ClIN2/c1-3-17(2)11-21(10-12-7-5-4-6-8-12)15-13(17)9-14(19)20-16(15)18/h4-9H,3,10-11H2,1-2H3. The van der Waals surface area contributed by atoms with Crippen LogP contribution in [0, 0.1) is 3.70 Å². The van der Waals surface area contributed by atoms with E-state index in [9.17, 15) is 0 Å². The summed E-state index contributed by atoms with van der Waals surface area (Å²) in [6.45, 7) is 6.45. The number of hydrogen-bond acceptors (Lipinski definition) is 2. The summed E-state index contributed by atoms with van der Waals surface area (Å²) in [5.74, 6) is 0. The number of benzene rings is 1. The van der Waals surface area contributed by atoms with Gasteiger partial charge in [-0.3, -0.25) is 0 Å². The van der Waals surface area contributed by atoms with Crippen LogP contribution in [-0.4, -0.2) is 11.5 Å². The molecule has 0 fully saturated rings. The van der Waals surface area contributed by atoms with Gasteiger partial charge in [-0.1, -0.05) is 55.8 Å². The van der Waals surface area contributed by atoms with Crippen LogP contribution in [0.5, 0.6) is 0 Å². The average molecular weight is 413 g/mol. The number of fused-ring (bicyclic) bond motifs is 1. The predicted octanol–water partition coefficient (Wildman–Crippen LogP) is 5.03. The number of aromatic nitrogens is 1. The van der Waals surface area contributed by atoms with Gasteiger partial charge in [0.05, 0.1) is 5.69 Å². The Kier molecular flexibility index (Phi) is 4.14. The van der Waals surface area contributed by atoms with Gasteiger partial charge in [0, 0.05) is 18.5 Å². The molecule has 110 valence electrons. The first kappa shape index (κ1) is 15.1. The van der Waals surface area contributed by atoms with Crippen LogP contribution in [-0.2, 0) is 12.0 Å². The molecule has 0 radical (unpaired) electrons. The Labute approximate surface area is 144 Å². The predicted molar refractivity (Wildman–Crippen MR) is 97.1 cm³/mol. The Morgan fingerprint density at radius 3 is 2.71 bits per heavy atom. The van der Waals surface area contributed by atoms with Crippen molar-refractivity contribution in [3.05, 3.63) is 56.4 Å². The molecule has 3 rings (SSSR count). The third-order valence-corrected chi connectivity index (χ3v) is 5.24. The summed E-state index contributed by atoms with van der Waals surface area (Å²) in [6.07, 6.45) is 1.10. The van der Waals surface area contributed by atoms with Crippen LogP contribution in [0.4, 0.5) is 5.69 Å². The summed E-state index contributed by atoms with van der Waals surface area (Å²) in [4.78, 5) is 6.82. The van der Waals surface area contributed by atoms with E-state index in [-0.39, 0.29) is 5.41 Å². The molecule has 1 atom stereocenters. The molecule has 2 heterocycles. The molecule has 2 aromatic rings. The van der Waals surface area contributed by atoms with Gasteiger partial charge in [-0.15, -0.1) is 0 Å². The lowest BCUT2D eigenvalue weighted by Crippen LogP contribution is -2.30. The molecule has 0 saturated carbocycles. The molecule has 1 aromatic heterocycles. The van der Waals surface area contributed by atoms with Gasteiger partial charge in [0.2, 0.25) is 0 Å². The number of hydrogen-bond donors (Lipinski definition) is 0. The number of nitrogens with zero attached hydrogens (tertiary/aromatic N) is 2. The Bertz CT molecular complexity index is 659. The summed E-state index contributed by atoms with van der Waals surface area (Å²) in [5.41, 5.74) is 3.91. The SMILES string of the molecule is CCC1(C)CN(Cc2ccccc2)c2c1cc(I)nc2Cl. The van der Waals surface area contributed by atoms with Gasteiger partial charge in [-0.25, -0.2) is 4.98 Å². The van der Waals surface area contributed by atoms with Crippen molar-refractivity contribution in [1.29, 1.82) is 0 Å². The maximum absolute atomic E-state index is 6.46. The third kappa shape index (κ3) is 2.78. The number of pyridine rings is 1. The van der Waals surface area contributed by atoms with E-state index in [1.54, 1.807) is 0 Å². The van der Waals surface area contributed by atoms with Gasteiger partial charge in [-0.05, 0) is 46.2 Å². The van der Waals surface area contributed by atoms with Crippen LogP contribution in [0.2, 0.25) is 5.15 Å². The van der Waals surface area contributed by atoms with Crippen LogP contribution in [0.15, 0.2) is 36.4 Å². The van der Waals surface area contributed by atoms with E-state index in [0.717, 1.165) is 28.9 Å². The van der Waals surface area contributed by atoms with Crippen molar-refractivity contribution in [1.82, 2.24) is 4.98 Å². The minimum atomic E-state index is 0.149. The zero-order chi connectivity index (χ0) is 15.0. The van der Waals surface area contributed by atoms with Crippen molar-refractivity contribution in [2.75, 3.05) is 11.4 Å². The molecule has 1 unspecified atom stereocenters. The fraction of sp³-hybridized carbons (Fsp3) is 0.353. The van der Waals surface area contributed by atoms with Crippen LogP contribution >= 0.6 is 34.2 Å². The topological polar surface area (TPSA) is 16.1 Å². The van der Waals surface area contributed by atoms with E-state index in [0.29, 0.717) is 5.15 Å². The molecule has 0 spiro atoms. The molecule has 1 aliphatic rings. The van der Waals surface area contributed by atoms with Gasteiger partial charge in [0.25, 0.3) is 0 Å². The molecule has 2 nitrogen and oxygen atoms in total. The van der Waals surface area contributed by atoms with Crippen molar-refractivity contribution < 1.29 is 0 Å². The second-order valence-corrected chi connectivity index (χ2v) is 7.35. The maximum Gasteiger partial charge on any atom is 0.153 e. The highest BCUT2D eigenvalue weighted by Gasteiger charge is 2.39. The molecular formula is C17H18ClIN2. The van der Waals surface area contributed by atoms with Gasteiger partial charge < -0.3 is 4.90 Å². The Morgan fingerprint density at radius 2 is 2.05 bits per heavy atom. The van der Waals surface area contributed by atoms with Crippen LogP contribution in [0.1, 0.15) is 31.4 Å². The summed E-state index contributed by atoms with van der Waals surface area (Å²) in [5, 5.41) is 0.630. The van der Waals surface area contributed by atoms with E-state index in [1.807, 2.05) is 0 Å². The smallest absolute Gasteiger partial charge is 0.153 e. The minimum absolute atomic E-state index is 0.149. The molecule has 21 heavy (non-hydrogen) atoms. The second kappa shape index (κ2) is 5.76. The fourth-order valence-corrected chi connectivity index (χ4v) is 4.07. The molecular weight excluding hydrogens is 395 g/mol. The van der Waals surface area contributed by atoms with E-state index in [1.165, 1.54) is 11.1 Å². The van der Waals surface area contributed by atoms with Crippen LogP contribution < -0.4 is 4.90 Å². The van der Waals surface area contributed by atoms with Gasteiger partial charge in [0.1, 0.15) is 3.70 Å². The fourth-order valence-electron chi connectivity index (χ4n) is 3.06. The molecule has 1 aliphatic heterocycles. The Balaban J connectivity index is 2.03. The van der Waals surface area contributed by atoms with Crippen molar-refractivity contribution in [2.45, 2.75) is 32.2 Å². The Hall–Kier alpha value is -0.810. The van der Waals surface area contributed by atoms with Crippen molar-refractivity contribution in [3.63, 3.8) is 0 Å². The molecule has 4 heteroatoms. The molecule has 0 aliphatic carbocycles. The zero-order valence-electron chi connectivity index (χ0n) is 12.2. The second-order valence-electron chi connectivity index (χ2n) is 5.89. The van der Waals surface area contributed by atoms with Gasteiger partial charge >= 0.3 is 0 Å². The highest BCUT2D eigenvalue weighted by Crippen LogP contribution is 2.46. The highest BCUT2D eigenvalue weighted by atomic mass is 127. The normalized spacial score (nSPS) is 20.7. The third-order valence-electron chi connectivity index (χ3n) is 4.42. The molecule has 0 N–H and O–H groups in total. The largest absolute Gasteiger partial charge is 0.364 e. The number of rotatable bonds is 3. The first-order valence-electron chi connectivity index (χ1n) is 7.19. The maximum atomic E-state index is 6.46. The quantitative estimate of drug-likeness (QED) is 0.519.